The maximum atomic E-state index is 13.3. The Morgan fingerprint density at radius 2 is 1.28 bits per heavy atom. The molecule has 8 heteroatoms. The second kappa shape index (κ2) is 9.76. The number of aliphatic carboxylic acids is 1. The molecule has 7 nitrogen and oxygen atoms in total. The normalized spacial score (nSPS) is 12.8. The fraction of sp³-hybridized carbons (Fsp3) is 0.381. The molecule has 0 spiro atoms. The van der Waals surface area contributed by atoms with Crippen molar-refractivity contribution in [1.29, 1.82) is 0 Å². The number of hydrogen-bond acceptors (Lipinski definition) is 5. The molecule has 0 radical (unpaired) electrons. The summed E-state index contributed by atoms with van der Waals surface area (Å²) in [5.41, 5.74) is 1.46. The Morgan fingerprint density at radius 3 is 1.55 bits per heavy atom. The lowest BCUT2D eigenvalue weighted by atomic mass is 10.1. The first-order valence-corrected chi connectivity index (χ1v) is 10.7. The number of rotatable bonds is 10. The highest BCUT2D eigenvalue weighted by Crippen LogP contribution is 2.24. The minimum Gasteiger partial charge on any atom is -0.497 e. The van der Waals surface area contributed by atoms with Crippen LogP contribution in [0.5, 0.6) is 11.5 Å². The molecule has 0 aromatic heterocycles. The summed E-state index contributed by atoms with van der Waals surface area (Å²) in [7, 11) is -1.02. The van der Waals surface area contributed by atoms with Gasteiger partial charge < -0.3 is 14.6 Å². The molecular formula is C21H27NO6S. The van der Waals surface area contributed by atoms with Gasteiger partial charge in [0.15, 0.2) is 5.25 Å². The van der Waals surface area contributed by atoms with Gasteiger partial charge in [-0.1, -0.05) is 38.1 Å². The Morgan fingerprint density at radius 1 is 0.897 bits per heavy atom. The lowest BCUT2D eigenvalue weighted by Crippen LogP contribution is -2.44. The smallest absolute Gasteiger partial charge is 0.323 e. The Hall–Kier alpha value is -2.58. The molecule has 0 saturated heterocycles. The summed E-state index contributed by atoms with van der Waals surface area (Å²) in [6.45, 7) is 3.29. The molecule has 0 aliphatic carbocycles. The SMILES string of the molecule is COc1ccc(CN(Cc2ccc(OC)cc2)S(=O)(=O)C(C(=O)O)C(C)C)cc1. The van der Waals surface area contributed by atoms with Gasteiger partial charge in [0, 0.05) is 13.1 Å². The molecule has 0 bridgehead atoms. The van der Waals surface area contributed by atoms with E-state index in [0.717, 1.165) is 11.1 Å². The molecular weight excluding hydrogens is 394 g/mol. The van der Waals surface area contributed by atoms with Crippen molar-refractivity contribution < 1.29 is 27.8 Å². The fourth-order valence-electron chi connectivity index (χ4n) is 3.02. The number of carboxylic acids is 1. The summed E-state index contributed by atoms with van der Waals surface area (Å²) in [4.78, 5) is 11.7. The van der Waals surface area contributed by atoms with Crippen LogP contribution in [0.2, 0.25) is 0 Å². The van der Waals surface area contributed by atoms with Crippen LogP contribution in [-0.2, 0) is 27.9 Å². The van der Waals surface area contributed by atoms with Crippen LogP contribution in [0, 0.1) is 5.92 Å². The number of ether oxygens (including phenoxy) is 2. The topological polar surface area (TPSA) is 93.1 Å². The number of methoxy groups -OCH3 is 2. The zero-order valence-corrected chi connectivity index (χ0v) is 17.8. The van der Waals surface area contributed by atoms with Crippen LogP contribution < -0.4 is 9.47 Å². The van der Waals surface area contributed by atoms with Gasteiger partial charge in [-0.3, -0.25) is 4.79 Å². The Labute approximate surface area is 171 Å². The van der Waals surface area contributed by atoms with Gasteiger partial charge in [-0.25, -0.2) is 8.42 Å². The number of sulfonamides is 1. The number of carbonyl (C=O) groups is 1. The van der Waals surface area contributed by atoms with Crippen molar-refractivity contribution in [2.75, 3.05) is 14.2 Å². The van der Waals surface area contributed by atoms with Crippen LogP contribution in [0.3, 0.4) is 0 Å². The van der Waals surface area contributed by atoms with E-state index in [2.05, 4.69) is 0 Å². The molecule has 0 aliphatic rings. The maximum Gasteiger partial charge on any atom is 0.323 e. The second-order valence-electron chi connectivity index (χ2n) is 7.01. The van der Waals surface area contributed by atoms with Crippen LogP contribution in [0.15, 0.2) is 48.5 Å². The third kappa shape index (κ3) is 5.71. The Kier molecular flexibility index (Phi) is 7.64. The Balaban J connectivity index is 2.40. The van der Waals surface area contributed by atoms with E-state index >= 15 is 0 Å². The van der Waals surface area contributed by atoms with E-state index < -0.39 is 27.2 Å². The first kappa shape index (κ1) is 22.7. The van der Waals surface area contributed by atoms with E-state index in [0.29, 0.717) is 11.5 Å². The highest BCUT2D eigenvalue weighted by Gasteiger charge is 2.39. The second-order valence-corrected chi connectivity index (χ2v) is 9.07. The molecule has 29 heavy (non-hydrogen) atoms. The summed E-state index contributed by atoms with van der Waals surface area (Å²) in [5, 5.41) is 8.03. The summed E-state index contributed by atoms with van der Waals surface area (Å²) >= 11 is 0. The summed E-state index contributed by atoms with van der Waals surface area (Å²) in [6.07, 6.45) is 0. The van der Waals surface area contributed by atoms with Crippen molar-refractivity contribution in [2.24, 2.45) is 5.92 Å². The number of benzene rings is 2. The molecule has 1 N–H and O–H groups in total. The first-order chi connectivity index (χ1) is 13.7. The van der Waals surface area contributed by atoms with Crippen molar-refractivity contribution in [2.45, 2.75) is 32.2 Å². The predicted molar refractivity (Wildman–Crippen MR) is 110 cm³/mol. The highest BCUT2D eigenvalue weighted by atomic mass is 32.2. The van der Waals surface area contributed by atoms with E-state index in [4.69, 9.17) is 9.47 Å². The molecule has 2 aromatic carbocycles. The predicted octanol–water partition coefficient (Wildman–Crippen LogP) is 3.15. The molecule has 1 unspecified atom stereocenters. The van der Waals surface area contributed by atoms with Crippen molar-refractivity contribution >= 4 is 16.0 Å². The molecule has 0 amide bonds. The number of carboxylic acid groups (broad SMARTS) is 1. The molecule has 1 atom stereocenters. The van der Waals surface area contributed by atoms with Crippen molar-refractivity contribution in [1.82, 2.24) is 4.31 Å². The van der Waals surface area contributed by atoms with E-state index in [-0.39, 0.29) is 13.1 Å². The van der Waals surface area contributed by atoms with E-state index in [9.17, 15) is 18.3 Å². The standard InChI is InChI=1S/C21H27NO6S/c1-15(2)20(21(23)24)29(25,26)22(13-16-5-9-18(27-3)10-6-16)14-17-7-11-19(28-4)12-8-17/h5-12,15,20H,13-14H2,1-4H3,(H,23,24). The quantitative estimate of drug-likeness (QED) is 0.633. The molecule has 2 rings (SSSR count). The largest absolute Gasteiger partial charge is 0.497 e. The minimum atomic E-state index is -4.12. The molecule has 0 heterocycles. The van der Waals surface area contributed by atoms with Gasteiger partial charge in [-0.2, -0.15) is 4.31 Å². The zero-order valence-electron chi connectivity index (χ0n) is 17.0. The lowest BCUT2D eigenvalue weighted by Gasteiger charge is -2.27. The third-order valence-corrected chi connectivity index (χ3v) is 6.93. The average Bonchev–Trinajstić information content (AvgIpc) is 2.67. The maximum absolute atomic E-state index is 13.3. The molecule has 158 valence electrons. The zero-order chi connectivity index (χ0) is 21.6. The van der Waals surface area contributed by atoms with Crippen LogP contribution in [0.1, 0.15) is 25.0 Å². The monoisotopic (exact) mass is 421 g/mol. The van der Waals surface area contributed by atoms with E-state index in [1.54, 1.807) is 76.6 Å². The van der Waals surface area contributed by atoms with Gasteiger partial charge in [-0.15, -0.1) is 0 Å². The molecule has 2 aromatic rings. The first-order valence-electron chi connectivity index (χ1n) is 9.16. The van der Waals surface area contributed by atoms with Gasteiger partial charge in [0.25, 0.3) is 0 Å². The summed E-state index contributed by atoms with van der Waals surface area (Å²) in [6, 6.07) is 14.0. The Bertz CT molecular complexity index is 858. The lowest BCUT2D eigenvalue weighted by molar-refractivity contribution is -0.137. The van der Waals surface area contributed by atoms with Crippen molar-refractivity contribution in [3.05, 3.63) is 59.7 Å². The number of nitrogens with zero attached hydrogens (tertiary/aromatic N) is 1. The van der Waals surface area contributed by atoms with Crippen LogP contribution in [0.25, 0.3) is 0 Å². The fourth-order valence-corrected chi connectivity index (χ4v) is 4.94. The van der Waals surface area contributed by atoms with E-state index in [1.807, 2.05) is 0 Å². The van der Waals surface area contributed by atoms with Gasteiger partial charge in [-0.05, 0) is 41.3 Å². The number of hydrogen-bond donors (Lipinski definition) is 1. The summed E-state index contributed by atoms with van der Waals surface area (Å²) < 4.78 is 38.0. The molecule has 0 fully saturated rings. The molecule has 0 aliphatic heterocycles. The van der Waals surface area contributed by atoms with Crippen molar-refractivity contribution in [3.8, 4) is 11.5 Å². The van der Waals surface area contributed by atoms with Crippen LogP contribution in [-0.4, -0.2) is 43.3 Å². The van der Waals surface area contributed by atoms with Gasteiger partial charge >= 0.3 is 5.97 Å². The summed E-state index contributed by atoms with van der Waals surface area (Å²) in [5.74, 6) is -0.617. The minimum absolute atomic E-state index is 0.0505. The third-order valence-electron chi connectivity index (χ3n) is 4.57. The van der Waals surface area contributed by atoms with Gasteiger partial charge in [0.2, 0.25) is 10.0 Å². The van der Waals surface area contributed by atoms with Gasteiger partial charge in [0.05, 0.1) is 14.2 Å². The highest BCUT2D eigenvalue weighted by molar-refractivity contribution is 7.90. The van der Waals surface area contributed by atoms with Gasteiger partial charge in [0.1, 0.15) is 11.5 Å². The van der Waals surface area contributed by atoms with Crippen LogP contribution in [0.4, 0.5) is 0 Å². The average molecular weight is 422 g/mol. The van der Waals surface area contributed by atoms with E-state index in [1.165, 1.54) is 4.31 Å². The van der Waals surface area contributed by atoms with Crippen molar-refractivity contribution in [3.63, 3.8) is 0 Å². The molecule has 0 saturated carbocycles. The van der Waals surface area contributed by atoms with Crippen LogP contribution >= 0.6 is 0 Å².